The maximum absolute atomic E-state index is 12.0. The lowest BCUT2D eigenvalue weighted by molar-refractivity contribution is 0.949. The van der Waals surface area contributed by atoms with Crippen molar-refractivity contribution in [3.05, 3.63) is 52.6 Å². The first-order chi connectivity index (χ1) is 9.24. The van der Waals surface area contributed by atoms with Gasteiger partial charge in [-0.2, -0.15) is 0 Å². The number of nitrogens with one attached hydrogen (secondary N) is 2. The summed E-state index contributed by atoms with van der Waals surface area (Å²) in [5, 5.41) is 7.98. The Hall–Kier alpha value is -2.76. The summed E-state index contributed by atoms with van der Waals surface area (Å²) in [4.78, 5) is 21.9. The number of hydrogen-bond acceptors (Lipinski definition) is 4. The van der Waals surface area contributed by atoms with E-state index in [0.29, 0.717) is 17.2 Å². The van der Waals surface area contributed by atoms with Crippen molar-refractivity contribution < 1.29 is 0 Å². The van der Waals surface area contributed by atoms with Gasteiger partial charge in [0.2, 0.25) is 0 Å². The van der Waals surface area contributed by atoms with Crippen LogP contribution in [0.15, 0.2) is 41.3 Å². The molecular weight excluding hydrogens is 242 g/mol. The fraction of sp³-hybridized carbons (Fsp3) is 0.0769. The van der Waals surface area contributed by atoms with E-state index in [0.717, 1.165) is 5.69 Å². The van der Waals surface area contributed by atoms with Crippen molar-refractivity contribution in [3.63, 3.8) is 0 Å². The average Bonchev–Trinajstić information content (AvgIpc) is 2.86. The first kappa shape index (κ1) is 11.3. The summed E-state index contributed by atoms with van der Waals surface area (Å²) in [6, 6.07) is 9.06. The molecule has 3 rings (SSSR count). The van der Waals surface area contributed by atoms with Crippen molar-refractivity contribution in [2.24, 2.45) is 0 Å². The number of aromatic nitrogens is 5. The minimum atomic E-state index is -0.294. The fourth-order valence-electron chi connectivity index (χ4n) is 1.77. The largest absolute Gasteiger partial charge is 0.357 e. The predicted octanol–water partition coefficient (Wildman–Crippen LogP) is 1.53. The Morgan fingerprint density at radius 3 is 2.58 bits per heavy atom. The van der Waals surface area contributed by atoms with E-state index in [9.17, 15) is 4.79 Å². The minimum Gasteiger partial charge on any atom is -0.357 e. The molecule has 3 aromatic heterocycles. The summed E-state index contributed by atoms with van der Waals surface area (Å²) in [6.07, 6.45) is 1.64. The molecule has 0 atom stereocenters. The van der Waals surface area contributed by atoms with Crippen LogP contribution in [0.3, 0.4) is 0 Å². The van der Waals surface area contributed by atoms with Gasteiger partial charge in [0.1, 0.15) is 5.69 Å². The molecule has 0 aromatic carbocycles. The minimum absolute atomic E-state index is 0.271. The highest BCUT2D eigenvalue weighted by molar-refractivity contribution is 5.55. The molecule has 0 saturated carbocycles. The molecule has 3 aromatic rings. The Morgan fingerprint density at radius 1 is 1.05 bits per heavy atom. The second kappa shape index (κ2) is 4.49. The van der Waals surface area contributed by atoms with Crippen LogP contribution in [0, 0.1) is 6.92 Å². The Labute approximate surface area is 108 Å². The van der Waals surface area contributed by atoms with Crippen molar-refractivity contribution in [3.8, 4) is 22.9 Å². The molecule has 0 aliphatic rings. The molecule has 0 aliphatic heterocycles. The number of aromatic amines is 2. The van der Waals surface area contributed by atoms with Gasteiger partial charge in [0.25, 0.3) is 5.56 Å². The zero-order valence-electron chi connectivity index (χ0n) is 10.2. The summed E-state index contributed by atoms with van der Waals surface area (Å²) in [7, 11) is 0. The second-order valence-corrected chi connectivity index (χ2v) is 4.12. The van der Waals surface area contributed by atoms with Crippen LogP contribution in [0.4, 0.5) is 0 Å². The number of aryl methyl sites for hydroxylation is 1. The van der Waals surface area contributed by atoms with Crippen LogP contribution in [-0.2, 0) is 0 Å². The molecule has 0 bridgehead atoms. The quantitative estimate of drug-likeness (QED) is 0.725. The van der Waals surface area contributed by atoms with Crippen LogP contribution in [0.2, 0.25) is 0 Å². The van der Waals surface area contributed by atoms with Crippen LogP contribution in [0.1, 0.15) is 5.69 Å². The van der Waals surface area contributed by atoms with Crippen LogP contribution in [0.25, 0.3) is 22.9 Å². The van der Waals surface area contributed by atoms with Crippen molar-refractivity contribution in [1.82, 2.24) is 25.1 Å². The average molecular weight is 253 g/mol. The Bertz CT molecular complexity index is 760. The molecule has 94 valence electrons. The fourth-order valence-corrected chi connectivity index (χ4v) is 1.77. The van der Waals surface area contributed by atoms with Gasteiger partial charge in [-0.15, -0.1) is 10.2 Å². The van der Waals surface area contributed by atoms with E-state index in [4.69, 9.17) is 0 Å². The van der Waals surface area contributed by atoms with E-state index in [2.05, 4.69) is 25.1 Å². The zero-order chi connectivity index (χ0) is 13.2. The van der Waals surface area contributed by atoms with E-state index in [1.807, 2.05) is 19.1 Å². The Balaban J connectivity index is 2.06. The molecule has 3 heterocycles. The molecule has 0 aliphatic carbocycles. The number of nitrogens with zero attached hydrogens (tertiary/aromatic N) is 3. The molecule has 0 spiro atoms. The lowest BCUT2D eigenvalue weighted by Crippen LogP contribution is -2.14. The zero-order valence-corrected chi connectivity index (χ0v) is 10.2. The van der Waals surface area contributed by atoms with Crippen molar-refractivity contribution in [2.45, 2.75) is 6.92 Å². The van der Waals surface area contributed by atoms with Crippen LogP contribution in [-0.4, -0.2) is 25.1 Å². The number of rotatable bonds is 2. The van der Waals surface area contributed by atoms with Crippen LogP contribution in [0.5, 0.6) is 0 Å². The molecule has 6 heteroatoms. The van der Waals surface area contributed by atoms with Crippen molar-refractivity contribution >= 4 is 0 Å². The molecule has 2 N–H and O–H groups in total. The first-order valence-electron chi connectivity index (χ1n) is 5.78. The van der Waals surface area contributed by atoms with Gasteiger partial charge in [-0.05, 0) is 31.2 Å². The molecular formula is C13H11N5O. The molecule has 0 radical (unpaired) electrons. The van der Waals surface area contributed by atoms with E-state index < -0.39 is 0 Å². The van der Waals surface area contributed by atoms with Gasteiger partial charge in [-0.1, -0.05) is 6.07 Å². The SMILES string of the molecule is Cc1ccc(-c2nnc(-c3ccccn3)[nH]c2=O)[nH]1. The second-order valence-electron chi connectivity index (χ2n) is 4.12. The van der Waals surface area contributed by atoms with E-state index >= 15 is 0 Å². The van der Waals surface area contributed by atoms with Gasteiger partial charge in [-0.25, -0.2) is 0 Å². The van der Waals surface area contributed by atoms with Gasteiger partial charge < -0.3 is 9.97 Å². The highest BCUT2D eigenvalue weighted by Crippen LogP contribution is 2.12. The van der Waals surface area contributed by atoms with Gasteiger partial charge in [0, 0.05) is 11.9 Å². The van der Waals surface area contributed by atoms with Gasteiger partial charge >= 0.3 is 0 Å². The molecule has 0 fully saturated rings. The lowest BCUT2D eigenvalue weighted by Gasteiger charge is -2.00. The van der Waals surface area contributed by atoms with Crippen molar-refractivity contribution in [1.29, 1.82) is 0 Å². The number of hydrogen-bond donors (Lipinski definition) is 2. The van der Waals surface area contributed by atoms with Crippen molar-refractivity contribution in [2.75, 3.05) is 0 Å². The summed E-state index contributed by atoms with van der Waals surface area (Å²) in [5.74, 6) is 0.359. The highest BCUT2D eigenvalue weighted by Gasteiger charge is 2.10. The molecule has 19 heavy (non-hydrogen) atoms. The lowest BCUT2D eigenvalue weighted by atomic mass is 10.3. The molecule has 6 nitrogen and oxygen atoms in total. The smallest absolute Gasteiger partial charge is 0.279 e. The van der Waals surface area contributed by atoms with Gasteiger partial charge in [0.15, 0.2) is 11.5 Å². The Kier molecular flexibility index (Phi) is 2.68. The first-order valence-corrected chi connectivity index (χ1v) is 5.78. The molecule has 0 unspecified atom stereocenters. The third kappa shape index (κ3) is 2.15. The summed E-state index contributed by atoms with van der Waals surface area (Å²) in [5.41, 5.74) is 2.18. The highest BCUT2D eigenvalue weighted by atomic mass is 16.1. The van der Waals surface area contributed by atoms with Crippen LogP contribution < -0.4 is 5.56 Å². The number of H-pyrrole nitrogens is 2. The standard InChI is InChI=1S/C13H11N5O/c1-8-5-6-9(15-8)11-13(19)16-12(18-17-11)10-4-2-3-7-14-10/h2-7,15H,1H3,(H,16,18,19). The van der Waals surface area contributed by atoms with E-state index in [-0.39, 0.29) is 11.3 Å². The summed E-state index contributed by atoms with van der Waals surface area (Å²) < 4.78 is 0. The molecule has 0 amide bonds. The summed E-state index contributed by atoms with van der Waals surface area (Å²) in [6.45, 7) is 1.91. The van der Waals surface area contributed by atoms with Gasteiger partial charge in [-0.3, -0.25) is 9.78 Å². The monoisotopic (exact) mass is 253 g/mol. The predicted molar refractivity (Wildman–Crippen MR) is 70.4 cm³/mol. The topological polar surface area (TPSA) is 87.3 Å². The number of pyridine rings is 1. The van der Waals surface area contributed by atoms with Crippen LogP contribution >= 0.6 is 0 Å². The maximum Gasteiger partial charge on any atom is 0.279 e. The Morgan fingerprint density at radius 2 is 1.95 bits per heavy atom. The summed E-state index contributed by atoms with van der Waals surface area (Å²) >= 11 is 0. The maximum atomic E-state index is 12.0. The van der Waals surface area contributed by atoms with Gasteiger partial charge in [0.05, 0.1) is 5.69 Å². The normalized spacial score (nSPS) is 10.6. The third-order valence-electron chi connectivity index (χ3n) is 2.69. The van der Waals surface area contributed by atoms with E-state index in [1.165, 1.54) is 0 Å². The molecule has 0 saturated heterocycles. The van der Waals surface area contributed by atoms with E-state index in [1.54, 1.807) is 24.4 Å². The third-order valence-corrected chi connectivity index (χ3v) is 2.69.